The summed E-state index contributed by atoms with van der Waals surface area (Å²) in [6, 6.07) is 15.9. The lowest BCUT2D eigenvalue weighted by atomic mass is 9.81. The van der Waals surface area contributed by atoms with E-state index in [1.165, 1.54) is 6.07 Å². The van der Waals surface area contributed by atoms with Gasteiger partial charge in [0.15, 0.2) is 5.96 Å². The van der Waals surface area contributed by atoms with Crippen molar-refractivity contribution in [1.82, 2.24) is 5.16 Å². The van der Waals surface area contributed by atoms with Gasteiger partial charge in [0, 0.05) is 17.0 Å². The van der Waals surface area contributed by atoms with Crippen molar-refractivity contribution < 1.29 is 18.8 Å². The van der Waals surface area contributed by atoms with Crippen LogP contribution in [0.15, 0.2) is 64.1 Å². The van der Waals surface area contributed by atoms with Crippen LogP contribution in [0, 0.1) is 5.82 Å². The highest BCUT2D eigenvalue weighted by molar-refractivity contribution is 5.92. The summed E-state index contributed by atoms with van der Waals surface area (Å²) in [6.45, 7) is 3.52. The molecule has 8 heteroatoms. The molecule has 29 heavy (non-hydrogen) atoms. The molecule has 0 aliphatic rings. The van der Waals surface area contributed by atoms with Gasteiger partial charge >= 0.3 is 5.97 Å². The largest absolute Gasteiger partial charge is 0.480 e. The molecule has 3 aromatic rings. The second-order valence-electron chi connectivity index (χ2n) is 6.98. The third-order valence-electron chi connectivity index (χ3n) is 4.58. The van der Waals surface area contributed by atoms with Gasteiger partial charge in [0.05, 0.1) is 5.69 Å². The maximum Gasteiger partial charge on any atom is 0.325 e. The van der Waals surface area contributed by atoms with Crippen LogP contribution in [-0.2, 0) is 10.2 Å². The molecule has 0 fully saturated rings. The molecular weight excluding hydrogens is 375 g/mol. The number of aliphatic carboxylic acids is 1. The number of rotatable bonds is 6. The standard InChI is InChI=1S/C21H21FN4O3/c1-21(2,17-11-18(29-26-17)25-20(23)24-12-19(27)28)14-9-7-13(8-10-14)15-5-3-4-6-16(15)22/h3-11H,12H2,1-2H3,(H,27,28)(H3,23,24,25). The Bertz CT molecular complexity index is 1040. The van der Waals surface area contributed by atoms with Crippen LogP contribution < -0.4 is 11.1 Å². The van der Waals surface area contributed by atoms with E-state index in [4.69, 9.17) is 15.4 Å². The molecule has 7 nitrogen and oxygen atoms in total. The Morgan fingerprint density at radius 3 is 2.59 bits per heavy atom. The zero-order valence-corrected chi connectivity index (χ0v) is 16.0. The van der Waals surface area contributed by atoms with Crippen LogP contribution in [-0.4, -0.2) is 28.7 Å². The van der Waals surface area contributed by atoms with Gasteiger partial charge in [-0.25, -0.2) is 9.38 Å². The predicted octanol–water partition coefficient (Wildman–Crippen LogP) is 3.62. The highest BCUT2D eigenvalue weighted by Gasteiger charge is 2.27. The molecule has 150 valence electrons. The molecule has 0 aliphatic heterocycles. The zero-order valence-electron chi connectivity index (χ0n) is 16.0. The lowest BCUT2D eigenvalue weighted by molar-refractivity contribution is -0.135. The first kappa shape index (κ1) is 20.1. The summed E-state index contributed by atoms with van der Waals surface area (Å²) in [5.74, 6) is -1.19. The molecule has 0 aliphatic carbocycles. The van der Waals surface area contributed by atoms with Crippen LogP contribution in [0.1, 0.15) is 25.1 Å². The van der Waals surface area contributed by atoms with Gasteiger partial charge in [-0.1, -0.05) is 61.5 Å². The van der Waals surface area contributed by atoms with Gasteiger partial charge in [0.1, 0.15) is 12.4 Å². The minimum atomic E-state index is -1.09. The Balaban J connectivity index is 1.79. The summed E-state index contributed by atoms with van der Waals surface area (Å²) < 4.78 is 19.2. The molecule has 2 aromatic carbocycles. The van der Waals surface area contributed by atoms with Crippen LogP contribution in [0.3, 0.4) is 0 Å². The van der Waals surface area contributed by atoms with Gasteiger partial charge < -0.3 is 15.4 Å². The second kappa shape index (κ2) is 8.14. The molecule has 0 atom stereocenters. The predicted molar refractivity (Wildman–Crippen MR) is 108 cm³/mol. The number of carboxylic acid groups (broad SMARTS) is 1. The Kier molecular flexibility index (Phi) is 5.63. The number of benzene rings is 2. The third-order valence-corrected chi connectivity index (χ3v) is 4.58. The van der Waals surface area contributed by atoms with E-state index in [-0.39, 0.29) is 17.7 Å². The maximum atomic E-state index is 14.0. The fourth-order valence-electron chi connectivity index (χ4n) is 2.86. The first-order chi connectivity index (χ1) is 13.8. The van der Waals surface area contributed by atoms with Crippen molar-refractivity contribution in [2.45, 2.75) is 19.3 Å². The van der Waals surface area contributed by atoms with Crippen LogP contribution in [0.5, 0.6) is 0 Å². The molecule has 0 saturated carbocycles. The fraction of sp³-hybridized carbons (Fsp3) is 0.190. The minimum absolute atomic E-state index is 0.0813. The molecule has 0 amide bonds. The smallest absolute Gasteiger partial charge is 0.325 e. The Morgan fingerprint density at radius 1 is 1.24 bits per heavy atom. The molecule has 0 unspecified atom stereocenters. The van der Waals surface area contributed by atoms with Gasteiger partial charge in [0.25, 0.3) is 0 Å². The quantitative estimate of drug-likeness (QED) is 0.433. The summed E-state index contributed by atoms with van der Waals surface area (Å²) in [5.41, 5.74) is 8.06. The second-order valence-corrected chi connectivity index (χ2v) is 6.98. The van der Waals surface area contributed by atoms with Crippen molar-refractivity contribution in [2.75, 3.05) is 11.9 Å². The number of aromatic nitrogens is 1. The van der Waals surface area contributed by atoms with E-state index in [0.717, 1.165) is 11.1 Å². The van der Waals surface area contributed by atoms with Crippen LogP contribution in [0.2, 0.25) is 0 Å². The van der Waals surface area contributed by atoms with Gasteiger partial charge in [-0.15, -0.1) is 0 Å². The van der Waals surface area contributed by atoms with Gasteiger partial charge in [-0.3, -0.25) is 10.1 Å². The molecular formula is C21H21FN4O3. The lowest BCUT2D eigenvalue weighted by Gasteiger charge is -2.22. The summed E-state index contributed by atoms with van der Waals surface area (Å²) in [7, 11) is 0. The molecule has 1 aromatic heterocycles. The van der Waals surface area contributed by atoms with Crippen LogP contribution in [0.25, 0.3) is 11.1 Å². The Hall–Kier alpha value is -3.68. The van der Waals surface area contributed by atoms with E-state index < -0.39 is 17.9 Å². The van der Waals surface area contributed by atoms with E-state index in [2.05, 4.69) is 15.5 Å². The Morgan fingerprint density at radius 2 is 1.93 bits per heavy atom. The number of carbonyl (C=O) groups is 1. The van der Waals surface area contributed by atoms with Crippen molar-refractivity contribution in [2.24, 2.45) is 10.7 Å². The monoisotopic (exact) mass is 396 g/mol. The summed E-state index contributed by atoms with van der Waals surface area (Å²) in [6.07, 6.45) is 0. The minimum Gasteiger partial charge on any atom is -0.480 e. The maximum absolute atomic E-state index is 14.0. The van der Waals surface area contributed by atoms with E-state index in [9.17, 15) is 9.18 Å². The number of nitrogens with two attached hydrogens (primary N) is 1. The van der Waals surface area contributed by atoms with Crippen molar-refractivity contribution in [3.05, 3.63) is 71.7 Å². The van der Waals surface area contributed by atoms with Crippen molar-refractivity contribution >= 4 is 17.8 Å². The highest BCUT2D eigenvalue weighted by atomic mass is 19.1. The molecule has 0 spiro atoms. The average molecular weight is 396 g/mol. The van der Waals surface area contributed by atoms with E-state index in [0.29, 0.717) is 11.3 Å². The zero-order chi connectivity index (χ0) is 21.0. The number of carboxylic acids is 1. The van der Waals surface area contributed by atoms with Gasteiger partial charge in [-0.05, 0) is 17.2 Å². The summed E-state index contributed by atoms with van der Waals surface area (Å²) >= 11 is 0. The molecule has 0 saturated heterocycles. The first-order valence-electron chi connectivity index (χ1n) is 8.89. The first-order valence-corrected chi connectivity index (χ1v) is 8.89. The van der Waals surface area contributed by atoms with Crippen LogP contribution in [0.4, 0.5) is 10.3 Å². The van der Waals surface area contributed by atoms with E-state index in [1.54, 1.807) is 24.3 Å². The average Bonchev–Trinajstić information content (AvgIpc) is 3.16. The van der Waals surface area contributed by atoms with Crippen molar-refractivity contribution in [3.63, 3.8) is 0 Å². The van der Waals surface area contributed by atoms with Gasteiger partial charge in [-0.2, -0.15) is 0 Å². The van der Waals surface area contributed by atoms with Crippen molar-refractivity contribution in [1.29, 1.82) is 0 Å². The van der Waals surface area contributed by atoms with Crippen molar-refractivity contribution in [3.8, 4) is 11.1 Å². The van der Waals surface area contributed by atoms with Gasteiger partial charge in [0.2, 0.25) is 5.88 Å². The fourth-order valence-corrected chi connectivity index (χ4v) is 2.86. The molecule has 0 radical (unpaired) electrons. The third kappa shape index (κ3) is 4.60. The molecule has 4 N–H and O–H groups in total. The lowest BCUT2D eigenvalue weighted by Crippen LogP contribution is -2.23. The van der Waals surface area contributed by atoms with E-state index >= 15 is 0 Å². The topological polar surface area (TPSA) is 114 Å². The molecule has 3 rings (SSSR count). The van der Waals surface area contributed by atoms with Crippen LogP contribution >= 0.6 is 0 Å². The molecule has 0 bridgehead atoms. The van der Waals surface area contributed by atoms with E-state index in [1.807, 2.05) is 38.1 Å². The number of nitrogens with zero attached hydrogens (tertiary/aromatic N) is 2. The highest BCUT2D eigenvalue weighted by Crippen LogP contribution is 2.33. The molecule has 1 heterocycles. The number of hydrogen-bond donors (Lipinski definition) is 3. The summed E-state index contributed by atoms with van der Waals surface area (Å²) in [5, 5.41) is 15.4. The number of nitrogens with one attached hydrogen (secondary N) is 1. The normalized spacial score (nSPS) is 12.0. The number of halogens is 1. The SMILES string of the molecule is CC(C)(c1ccc(-c2ccccc2F)cc1)c1cc(NC(N)=NCC(=O)O)on1. The number of anilines is 1. The summed E-state index contributed by atoms with van der Waals surface area (Å²) in [4.78, 5) is 14.2. The number of hydrogen-bond acceptors (Lipinski definition) is 4. The number of guanidine groups is 1. The Labute approximate surface area is 167 Å². The number of aliphatic imine (C=N–C) groups is 1.